The molecule has 0 aliphatic rings. The quantitative estimate of drug-likeness (QED) is 0.731. The van der Waals surface area contributed by atoms with Crippen molar-refractivity contribution in [2.24, 2.45) is 0 Å². The second-order valence-electron chi connectivity index (χ2n) is 2.87. The Hall–Kier alpha value is -2.03. The first-order valence-corrected chi connectivity index (χ1v) is 4.34. The summed E-state index contributed by atoms with van der Waals surface area (Å²) < 4.78 is 1.95. The highest BCUT2D eigenvalue weighted by atomic mass is 16.1. The Kier molecular flexibility index (Phi) is 2.32. The fourth-order valence-corrected chi connectivity index (χ4v) is 1.38. The lowest BCUT2D eigenvalue weighted by Crippen LogP contribution is -2.00. The van der Waals surface area contributed by atoms with E-state index in [0.717, 1.165) is 11.4 Å². The summed E-state index contributed by atoms with van der Waals surface area (Å²) in [5.74, 6) is 0. The summed E-state index contributed by atoms with van der Waals surface area (Å²) in [4.78, 5) is 10.4. The molecule has 0 fully saturated rings. The minimum absolute atomic E-state index is 0.683. The highest BCUT2D eigenvalue weighted by Crippen LogP contribution is 2.18. The minimum Gasteiger partial charge on any atom is -0.327 e. The zero-order chi connectivity index (χ0) is 9.80. The monoisotopic (exact) mass is 186 g/mol. The van der Waals surface area contributed by atoms with Gasteiger partial charge in [0, 0.05) is 12.4 Å². The van der Waals surface area contributed by atoms with Gasteiger partial charge < -0.3 is 9.88 Å². The van der Waals surface area contributed by atoms with Crippen LogP contribution in [0.5, 0.6) is 0 Å². The molecule has 1 heterocycles. The lowest BCUT2D eigenvalue weighted by molar-refractivity contribution is -0.105. The molecular weight excluding hydrogens is 176 g/mol. The van der Waals surface area contributed by atoms with E-state index in [1.165, 1.54) is 0 Å². The van der Waals surface area contributed by atoms with E-state index in [1.54, 1.807) is 0 Å². The van der Waals surface area contributed by atoms with Gasteiger partial charge in [0.1, 0.15) is 0 Å². The first kappa shape index (κ1) is 8.56. The number of carbonyl (C=O) groups is 1. The summed E-state index contributed by atoms with van der Waals surface area (Å²) in [5.41, 5.74) is 1.77. The van der Waals surface area contributed by atoms with Crippen molar-refractivity contribution in [2.75, 3.05) is 5.32 Å². The number of hydrogen-bond donors (Lipinski definition) is 1. The lowest BCUT2D eigenvalue weighted by Gasteiger charge is -2.08. The molecule has 0 aliphatic heterocycles. The Morgan fingerprint density at radius 2 is 1.79 bits per heavy atom. The number of anilines is 1. The lowest BCUT2D eigenvalue weighted by atomic mass is 10.2. The summed E-state index contributed by atoms with van der Waals surface area (Å²) >= 11 is 0. The Morgan fingerprint density at radius 3 is 2.50 bits per heavy atom. The number of nitrogens with one attached hydrogen (secondary N) is 1. The van der Waals surface area contributed by atoms with Crippen molar-refractivity contribution in [1.82, 2.24) is 4.57 Å². The Labute approximate surface area is 82.0 Å². The van der Waals surface area contributed by atoms with Crippen molar-refractivity contribution in [3.8, 4) is 5.69 Å². The summed E-state index contributed by atoms with van der Waals surface area (Å²) in [7, 11) is 0. The van der Waals surface area contributed by atoms with Gasteiger partial charge in [-0.2, -0.15) is 0 Å². The van der Waals surface area contributed by atoms with Gasteiger partial charge in [0.15, 0.2) is 0 Å². The zero-order valence-electron chi connectivity index (χ0n) is 7.55. The predicted molar refractivity (Wildman–Crippen MR) is 55.5 cm³/mol. The number of aromatic nitrogens is 1. The largest absolute Gasteiger partial charge is 0.327 e. The molecule has 0 atom stereocenters. The summed E-state index contributed by atoms with van der Waals surface area (Å²) in [5, 5.41) is 2.66. The average Bonchev–Trinajstić information content (AvgIpc) is 2.72. The van der Waals surface area contributed by atoms with Crippen LogP contribution in [0.1, 0.15) is 0 Å². The second kappa shape index (κ2) is 3.79. The molecule has 0 saturated carbocycles. The highest BCUT2D eigenvalue weighted by Gasteiger charge is 2.00. The molecule has 1 amide bonds. The van der Waals surface area contributed by atoms with Gasteiger partial charge in [-0.1, -0.05) is 12.1 Å². The minimum atomic E-state index is 0.683. The molecule has 1 aromatic carbocycles. The number of amides is 1. The normalized spacial score (nSPS) is 9.71. The smallest absolute Gasteiger partial charge is 0.211 e. The average molecular weight is 186 g/mol. The van der Waals surface area contributed by atoms with Crippen molar-refractivity contribution in [2.45, 2.75) is 0 Å². The molecule has 2 rings (SSSR count). The van der Waals surface area contributed by atoms with Gasteiger partial charge in [0.05, 0.1) is 11.4 Å². The molecule has 0 radical (unpaired) electrons. The first-order chi connectivity index (χ1) is 6.92. The topological polar surface area (TPSA) is 34.0 Å². The fraction of sp³-hybridized carbons (Fsp3) is 0. The molecule has 1 aromatic heterocycles. The van der Waals surface area contributed by atoms with Crippen molar-refractivity contribution >= 4 is 12.1 Å². The van der Waals surface area contributed by atoms with Crippen molar-refractivity contribution in [3.63, 3.8) is 0 Å². The van der Waals surface area contributed by atoms with E-state index >= 15 is 0 Å². The predicted octanol–water partition coefficient (Wildman–Crippen LogP) is 2.05. The van der Waals surface area contributed by atoms with Crippen LogP contribution in [-0.4, -0.2) is 11.0 Å². The second-order valence-corrected chi connectivity index (χ2v) is 2.87. The van der Waals surface area contributed by atoms with Crippen LogP contribution >= 0.6 is 0 Å². The van der Waals surface area contributed by atoms with Crippen LogP contribution in [0.2, 0.25) is 0 Å². The molecule has 1 N–H and O–H groups in total. The molecule has 0 aliphatic carbocycles. The maximum absolute atomic E-state index is 10.4. The zero-order valence-corrected chi connectivity index (χ0v) is 7.55. The molecule has 3 heteroatoms. The third-order valence-electron chi connectivity index (χ3n) is 2.00. The van der Waals surface area contributed by atoms with E-state index in [1.807, 2.05) is 53.4 Å². The summed E-state index contributed by atoms with van der Waals surface area (Å²) in [6.07, 6.45) is 4.55. The number of nitrogens with zero attached hydrogens (tertiary/aromatic N) is 1. The van der Waals surface area contributed by atoms with E-state index in [2.05, 4.69) is 5.32 Å². The van der Waals surface area contributed by atoms with Gasteiger partial charge in [-0.25, -0.2) is 0 Å². The van der Waals surface area contributed by atoms with E-state index < -0.39 is 0 Å². The van der Waals surface area contributed by atoms with Gasteiger partial charge in [-0.05, 0) is 24.3 Å². The van der Waals surface area contributed by atoms with Gasteiger partial charge in [-0.15, -0.1) is 0 Å². The molecule has 2 aromatic rings. The van der Waals surface area contributed by atoms with E-state index in [-0.39, 0.29) is 0 Å². The standard InChI is InChI=1S/C11H10N2O/c14-9-12-10-5-1-2-6-11(10)13-7-3-4-8-13/h1-9H,(H,12,14). The van der Waals surface area contributed by atoms with Crippen LogP contribution in [0.15, 0.2) is 48.8 Å². The molecule has 0 spiro atoms. The van der Waals surface area contributed by atoms with Crippen LogP contribution < -0.4 is 5.32 Å². The van der Waals surface area contributed by atoms with Crippen LogP contribution in [-0.2, 0) is 4.79 Å². The van der Waals surface area contributed by atoms with Crippen molar-refractivity contribution < 1.29 is 4.79 Å². The van der Waals surface area contributed by atoms with Crippen LogP contribution in [0.3, 0.4) is 0 Å². The third-order valence-corrected chi connectivity index (χ3v) is 2.00. The van der Waals surface area contributed by atoms with E-state index in [4.69, 9.17) is 0 Å². The Morgan fingerprint density at radius 1 is 1.07 bits per heavy atom. The SMILES string of the molecule is O=CNc1ccccc1-n1cccc1. The van der Waals surface area contributed by atoms with Crippen molar-refractivity contribution in [1.29, 1.82) is 0 Å². The van der Waals surface area contributed by atoms with Gasteiger partial charge >= 0.3 is 0 Å². The molecule has 70 valence electrons. The van der Waals surface area contributed by atoms with E-state index in [9.17, 15) is 4.79 Å². The van der Waals surface area contributed by atoms with Crippen molar-refractivity contribution in [3.05, 3.63) is 48.8 Å². The molecule has 0 bridgehead atoms. The number of benzene rings is 1. The number of hydrogen-bond acceptors (Lipinski definition) is 1. The van der Waals surface area contributed by atoms with Crippen LogP contribution in [0.4, 0.5) is 5.69 Å². The number of carbonyl (C=O) groups excluding carboxylic acids is 1. The molecule has 14 heavy (non-hydrogen) atoms. The Balaban J connectivity index is 2.46. The molecule has 3 nitrogen and oxygen atoms in total. The molecule has 0 saturated heterocycles. The summed E-state index contributed by atoms with van der Waals surface area (Å²) in [6, 6.07) is 11.5. The fourth-order valence-electron chi connectivity index (χ4n) is 1.38. The number of rotatable bonds is 3. The van der Waals surface area contributed by atoms with Crippen LogP contribution in [0, 0.1) is 0 Å². The van der Waals surface area contributed by atoms with Gasteiger partial charge in [0.25, 0.3) is 0 Å². The van der Waals surface area contributed by atoms with Crippen LogP contribution in [0.25, 0.3) is 5.69 Å². The van der Waals surface area contributed by atoms with Gasteiger partial charge in [-0.3, -0.25) is 4.79 Å². The molecule has 0 unspecified atom stereocenters. The first-order valence-electron chi connectivity index (χ1n) is 4.34. The van der Waals surface area contributed by atoms with E-state index in [0.29, 0.717) is 6.41 Å². The molecular formula is C11H10N2O. The number of para-hydroxylation sites is 2. The van der Waals surface area contributed by atoms with Gasteiger partial charge in [0.2, 0.25) is 6.41 Å². The highest BCUT2D eigenvalue weighted by molar-refractivity contribution is 5.77. The summed E-state index contributed by atoms with van der Waals surface area (Å²) in [6.45, 7) is 0. The maximum atomic E-state index is 10.4. The third kappa shape index (κ3) is 1.52. The Bertz CT molecular complexity index is 421. The maximum Gasteiger partial charge on any atom is 0.211 e.